The van der Waals surface area contributed by atoms with Crippen LogP contribution in [0.15, 0.2) is 0 Å². The first-order chi connectivity index (χ1) is 4.59. The summed E-state index contributed by atoms with van der Waals surface area (Å²) in [5.74, 6) is -0.498. The second kappa shape index (κ2) is 5.27. The minimum atomic E-state index is -2.19. The zero-order chi connectivity index (χ0) is 8.15. The van der Waals surface area contributed by atoms with E-state index in [2.05, 4.69) is 29.5 Å². The standard InChI is InChI=1S/C7H12F2I/c1-3-4-6(10)5(2)7(8)9/h5-7H,1,3-4H2,2H3. The Morgan fingerprint density at radius 3 is 2.30 bits per heavy atom. The number of alkyl halides is 3. The molecule has 0 heterocycles. The smallest absolute Gasteiger partial charge is 0.210 e. The average molecular weight is 261 g/mol. The molecular formula is C7H12F2I. The van der Waals surface area contributed by atoms with Gasteiger partial charge in [0.2, 0.25) is 6.43 Å². The van der Waals surface area contributed by atoms with E-state index in [-0.39, 0.29) is 3.92 Å². The third kappa shape index (κ3) is 3.68. The van der Waals surface area contributed by atoms with Crippen LogP contribution in [0.3, 0.4) is 0 Å². The Bertz CT molecular complexity index is 85.7. The van der Waals surface area contributed by atoms with Crippen molar-refractivity contribution in [2.45, 2.75) is 30.1 Å². The lowest BCUT2D eigenvalue weighted by Crippen LogP contribution is -2.18. The van der Waals surface area contributed by atoms with Gasteiger partial charge < -0.3 is 0 Å². The fraction of sp³-hybridized carbons (Fsp3) is 0.857. The molecule has 0 aliphatic heterocycles. The molecule has 0 bridgehead atoms. The predicted octanol–water partition coefficient (Wildman–Crippen LogP) is 3.31. The van der Waals surface area contributed by atoms with Crippen LogP contribution in [0.5, 0.6) is 0 Å². The van der Waals surface area contributed by atoms with Gasteiger partial charge >= 0.3 is 0 Å². The third-order valence-electron chi connectivity index (χ3n) is 1.45. The van der Waals surface area contributed by atoms with Crippen molar-refractivity contribution < 1.29 is 8.78 Å². The van der Waals surface area contributed by atoms with E-state index in [0.29, 0.717) is 0 Å². The molecule has 61 valence electrons. The van der Waals surface area contributed by atoms with Crippen molar-refractivity contribution in [3.63, 3.8) is 0 Å². The Kier molecular flexibility index (Phi) is 5.58. The maximum absolute atomic E-state index is 12.0. The highest BCUT2D eigenvalue weighted by Gasteiger charge is 2.21. The molecule has 0 amide bonds. The molecule has 0 aromatic carbocycles. The fourth-order valence-electron chi connectivity index (χ4n) is 0.616. The molecule has 3 heteroatoms. The maximum atomic E-state index is 12.0. The molecule has 2 unspecified atom stereocenters. The summed E-state index contributed by atoms with van der Waals surface area (Å²) >= 11 is 2.06. The van der Waals surface area contributed by atoms with Crippen LogP contribution < -0.4 is 0 Å². The molecule has 0 N–H and O–H groups in total. The number of halogens is 3. The highest BCUT2D eigenvalue weighted by atomic mass is 127. The second-order valence-electron chi connectivity index (χ2n) is 2.35. The van der Waals surface area contributed by atoms with Gasteiger partial charge in [-0.3, -0.25) is 0 Å². The Balaban J connectivity index is 3.58. The molecule has 2 atom stereocenters. The topological polar surface area (TPSA) is 0 Å². The molecule has 1 radical (unpaired) electrons. The molecule has 0 aliphatic rings. The number of rotatable bonds is 4. The van der Waals surface area contributed by atoms with Crippen LogP contribution in [-0.2, 0) is 0 Å². The molecule has 0 nitrogen and oxygen atoms in total. The lowest BCUT2D eigenvalue weighted by atomic mass is 10.1. The molecular weight excluding hydrogens is 249 g/mol. The Morgan fingerprint density at radius 2 is 2.00 bits per heavy atom. The van der Waals surface area contributed by atoms with Crippen molar-refractivity contribution in [3.8, 4) is 0 Å². The number of hydrogen-bond acceptors (Lipinski definition) is 0. The zero-order valence-electron chi connectivity index (χ0n) is 5.99. The molecule has 0 rings (SSSR count). The minimum absolute atomic E-state index is 0.0649. The zero-order valence-corrected chi connectivity index (χ0v) is 8.14. The minimum Gasteiger partial charge on any atom is -0.210 e. The third-order valence-corrected chi connectivity index (χ3v) is 3.21. The molecule has 10 heavy (non-hydrogen) atoms. The van der Waals surface area contributed by atoms with Crippen molar-refractivity contribution in [2.24, 2.45) is 5.92 Å². The first-order valence-electron chi connectivity index (χ1n) is 3.31. The van der Waals surface area contributed by atoms with Crippen molar-refractivity contribution in [1.29, 1.82) is 0 Å². The molecule has 0 fully saturated rings. The van der Waals surface area contributed by atoms with E-state index in [1.165, 1.54) is 0 Å². The van der Waals surface area contributed by atoms with Gasteiger partial charge in [0.05, 0.1) is 0 Å². The van der Waals surface area contributed by atoms with E-state index in [9.17, 15) is 8.78 Å². The maximum Gasteiger partial charge on any atom is 0.242 e. The first kappa shape index (κ1) is 10.6. The van der Waals surface area contributed by atoms with Gasteiger partial charge in [-0.1, -0.05) is 42.9 Å². The average Bonchev–Trinajstić information content (AvgIpc) is 1.87. The van der Waals surface area contributed by atoms with Crippen molar-refractivity contribution >= 4 is 22.6 Å². The summed E-state index contributed by atoms with van der Waals surface area (Å²) in [4.78, 5) is 0. The van der Waals surface area contributed by atoms with E-state index in [1.54, 1.807) is 6.92 Å². The van der Waals surface area contributed by atoms with Crippen LogP contribution in [0.4, 0.5) is 8.78 Å². The summed E-state index contributed by atoms with van der Waals surface area (Å²) in [6, 6.07) is 0. The van der Waals surface area contributed by atoms with Crippen LogP contribution in [-0.4, -0.2) is 10.4 Å². The number of hydrogen-bond donors (Lipinski definition) is 0. The Morgan fingerprint density at radius 1 is 1.50 bits per heavy atom. The lowest BCUT2D eigenvalue weighted by molar-refractivity contribution is 0.0863. The van der Waals surface area contributed by atoms with Gasteiger partial charge in [0.1, 0.15) is 0 Å². The molecule has 0 spiro atoms. The van der Waals surface area contributed by atoms with Crippen LogP contribution in [0, 0.1) is 12.8 Å². The van der Waals surface area contributed by atoms with Crippen LogP contribution >= 0.6 is 22.6 Å². The summed E-state index contributed by atoms with van der Waals surface area (Å²) in [5, 5.41) is 0. The van der Waals surface area contributed by atoms with Gasteiger partial charge in [-0.25, -0.2) is 8.78 Å². The highest BCUT2D eigenvalue weighted by Crippen LogP contribution is 2.23. The predicted molar refractivity (Wildman–Crippen MR) is 47.6 cm³/mol. The largest absolute Gasteiger partial charge is 0.242 e. The van der Waals surface area contributed by atoms with Gasteiger partial charge in [0, 0.05) is 9.84 Å². The monoisotopic (exact) mass is 261 g/mol. The van der Waals surface area contributed by atoms with E-state index in [4.69, 9.17) is 0 Å². The summed E-state index contributed by atoms with van der Waals surface area (Å²) in [5.41, 5.74) is 0. The SMILES string of the molecule is [CH2]CCC(I)C(C)C(F)F. The van der Waals surface area contributed by atoms with Crippen molar-refractivity contribution in [1.82, 2.24) is 0 Å². The van der Waals surface area contributed by atoms with Gasteiger partial charge in [-0.15, -0.1) is 0 Å². The van der Waals surface area contributed by atoms with Crippen molar-refractivity contribution in [2.75, 3.05) is 0 Å². The highest BCUT2D eigenvalue weighted by molar-refractivity contribution is 14.1. The lowest BCUT2D eigenvalue weighted by Gasteiger charge is -2.15. The quantitative estimate of drug-likeness (QED) is 0.538. The second-order valence-corrected chi connectivity index (χ2v) is 3.95. The summed E-state index contributed by atoms with van der Waals surface area (Å²) in [6.07, 6.45) is -0.662. The van der Waals surface area contributed by atoms with Crippen LogP contribution in [0.25, 0.3) is 0 Å². The van der Waals surface area contributed by atoms with Crippen LogP contribution in [0.2, 0.25) is 0 Å². The van der Waals surface area contributed by atoms with E-state index < -0.39 is 12.3 Å². The first-order valence-corrected chi connectivity index (χ1v) is 4.55. The van der Waals surface area contributed by atoms with Crippen molar-refractivity contribution in [3.05, 3.63) is 6.92 Å². The molecule has 0 saturated heterocycles. The molecule has 0 aromatic heterocycles. The normalized spacial score (nSPS) is 17.4. The summed E-state index contributed by atoms with van der Waals surface area (Å²) in [6.45, 7) is 5.20. The van der Waals surface area contributed by atoms with E-state index in [1.807, 2.05) is 0 Å². The van der Waals surface area contributed by atoms with Gasteiger partial charge in [-0.2, -0.15) is 0 Å². The fourth-order valence-corrected chi connectivity index (χ4v) is 1.37. The summed E-state index contributed by atoms with van der Waals surface area (Å²) < 4.78 is 24.0. The molecule has 0 saturated carbocycles. The Hall–Kier alpha value is 0.590. The molecule has 0 aromatic rings. The van der Waals surface area contributed by atoms with E-state index >= 15 is 0 Å². The van der Waals surface area contributed by atoms with Gasteiger partial charge in [0.15, 0.2) is 0 Å². The van der Waals surface area contributed by atoms with E-state index in [0.717, 1.165) is 12.8 Å². The Labute approximate surface area is 74.5 Å². The van der Waals surface area contributed by atoms with Crippen LogP contribution in [0.1, 0.15) is 19.8 Å². The van der Waals surface area contributed by atoms with Gasteiger partial charge in [-0.05, 0) is 6.42 Å². The summed E-state index contributed by atoms with van der Waals surface area (Å²) in [7, 11) is 0. The van der Waals surface area contributed by atoms with Gasteiger partial charge in [0.25, 0.3) is 0 Å². The molecule has 0 aliphatic carbocycles.